The maximum atomic E-state index is 13.3. The highest BCUT2D eigenvalue weighted by Gasteiger charge is 2.13. The van der Waals surface area contributed by atoms with Crippen LogP contribution in [-0.2, 0) is 16.0 Å². The van der Waals surface area contributed by atoms with E-state index < -0.39 is 0 Å². The molecule has 1 aliphatic rings. The van der Waals surface area contributed by atoms with Crippen molar-refractivity contribution >= 4 is 5.96 Å². The van der Waals surface area contributed by atoms with Crippen molar-refractivity contribution in [1.29, 1.82) is 0 Å². The van der Waals surface area contributed by atoms with Crippen molar-refractivity contribution < 1.29 is 13.9 Å². The summed E-state index contributed by atoms with van der Waals surface area (Å²) in [6.45, 7) is 5.53. The molecule has 0 unspecified atom stereocenters. The third-order valence-corrected chi connectivity index (χ3v) is 4.04. The molecular formula is C18H28FN3O2. The summed E-state index contributed by atoms with van der Waals surface area (Å²) in [6, 6.07) is 5.12. The number of halogens is 1. The summed E-state index contributed by atoms with van der Waals surface area (Å²) in [6.07, 6.45) is 3.26. The lowest BCUT2D eigenvalue weighted by molar-refractivity contribution is -0.0320. The van der Waals surface area contributed by atoms with Gasteiger partial charge in [-0.2, -0.15) is 0 Å². The predicted octanol–water partition coefficient (Wildman–Crippen LogP) is 2.38. The average molecular weight is 337 g/mol. The molecule has 1 heterocycles. The minimum Gasteiger partial charge on any atom is -0.381 e. The van der Waals surface area contributed by atoms with Crippen LogP contribution in [-0.4, -0.2) is 45.5 Å². The Kier molecular flexibility index (Phi) is 7.98. The molecule has 2 rings (SSSR count). The highest BCUT2D eigenvalue weighted by Crippen LogP contribution is 2.10. The Hall–Kier alpha value is -1.66. The molecule has 1 fully saturated rings. The molecule has 0 amide bonds. The summed E-state index contributed by atoms with van der Waals surface area (Å²) in [5.74, 6) is 0.564. The van der Waals surface area contributed by atoms with Gasteiger partial charge in [-0.15, -0.1) is 0 Å². The van der Waals surface area contributed by atoms with E-state index in [0.29, 0.717) is 18.2 Å². The minimum atomic E-state index is -0.175. The van der Waals surface area contributed by atoms with Gasteiger partial charge in [-0.05, 0) is 43.4 Å². The number of rotatable bonds is 7. The maximum Gasteiger partial charge on any atom is 0.191 e. The van der Waals surface area contributed by atoms with E-state index in [9.17, 15) is 4.39 Å². The first-order valence-corrected chi connectivity index (χ1v) is 8.58. The molecule has 0 aromatic heterocycles. The zero-order valence-corrected chi connectivity index (χ0v) is 14.6. The van der Waals surface area contributed by atoms with Crippen molar-refractivity contribution in [3.63, 3.8) is 0 Å². The molecule has 2 N–H and O–H groups in total. The highest BCUT2D eigenvalue weighted by molar-refractivity contribution is 5.79. The first kappa shape index (κ1) is 18.7. The van der Waals surface area contributed by atoms with E-state index in [1.807, 2.05) is 6.07 Å². The SMILES string of the molecule is CN=C(NCCCOC1CCOCC1)NCc1ccc(F)c(C)c1. The fourth-order valence-corrected chi connectivity index (χ4v) is 2.59. The minimum absolute atomic E-state index is 0.175. The zero-order chi connectivity index (χ0) is 17.2. The Labute approximate surface area is 143 Å². The molecule has 1 aromatic rings. The van der Waals surface area contributed by atoms with Gasteiger partial charge in [0, 0.05) is 40.0 Å². The quantitative estimate of drug-likeness (QED) is 0.456. The highest BCUT2D eigenvalue weighted by atomic mass is 19.1. The smallest absolute Gasteiger partial charge is 0.191 e. The molecule has 0 atom stereocenters. The largest absolute Gasteiger partial charge is 0.381 e. The molecule has 1 saturated heterocycles. The predicted molar refractivity (Wildman–Crippen MR) is 93.7 cm³/mol. The normalized spacial score (nSPS) is 16.2. The zero-order valence-electron chi connectivity index (χ0n) is 14.6. The fraction of sp³-hybridized carbons (Fsp3) is 0.611. The van der Waals surface area contributed by atoms with E-state index in [1.165, 1.54) is 6.07 Å². The molecule has 24 heavy (non-hydrogen) atoms. The summed E-state index contributed by atoms with van der Waals surface area (Å²) in [5.41, 5.74) is 1.68. The van der Waals surface area contributed by atoms with Gasteiger partial charge in [0.05, 0.1) is 6.10 Å². The number of hydrogen-bond acceptors (Lipinski definition) is 3. The molecule has 0 saturated carbocycles. The van der Waals surface area contributed by atoms with E-state index in [4.69, 9.17) is 9.47 Å². The van der Waals surface area contributed by atoms with Crippen molar-refractivity contribution in [3.05, 3.63) is 35.1 Å². The van der Waals surface area contributed by atoms with Crippen LogP contribution in [0.2, 0.25) is 0 Å². The van der Waals surface area contributed by atoms with Crippen molar-refractivity contribution in [2.75, 3.05) is 33.4 Å². The second kappa shape index (κ2) is 10.3. The number of nitrogens with one attached hydrogen (secondary N) is 2. The van der Waals surface area contributed by atoms with Crippen LogP contribution < -0.4 is 10.6 Å². The standard InChI is InChI=1S/C18H28FN3O2/c1-14-12-15(4-5-17(14)19)13-22-18(20-2)21-8-3-9-24-16-6-10-23-11-7-16/h4-5,12,16H,3,6-11,13H2,1-2H3,(H2,20,21,22). The lowest BCUT2D eigenvalue weighted by atomic mass is 10.1. The lowest BCUT2D eigenvalue weighted by Gasteiger charge is -2.22. The Morgan fingerprint density at radius 1 is 1.33 bits per heavy atom. The van der Waals surface area contributed by atoms with Crippen molar-refractivity contribution in [2.24, 2.45) is 4.99 Å². The third kappa shape index (κ3) is 6.45. The summed E-state index contributed by atoms with van der Waals surface area (Å²) >= 11 is 0. The topological polar surface area (TPSA) is 54.9 Å². The molecule has 1 aliphatic heterocycles. The number of nitrogens with zero attached hydrogens (tertiary/aromatic N) is 1. The molecule has 0 spiro atoms. The van der Waals surface area contributed by atoms with Gasteiger partial charge in [0.1, 0.15) is 5.82 Å². The molecule has 1 aromatic carbocycles. The molecule has 6 heteroatoms. The van der Waals surface area contributed by atoms with Gasteiger partial charge < -0.3 is 20.1 Å². The first-order chi connectivity index (χ1) is 11.7. The molecule has 0 bridgehead atoms. The van der Waals surface area contributed by atoms with Crippen LogP contribution >= 0.6 is 0 Å². The van der Waals surface area contributed by atoms with Crippen LogP contribution in [0, 0.1) is 12.7 Å². The Morgan fingerprint density at radius 2 is 2.12 bits per heavy atom. The number of benzene rings is 1. The van der Waals surface area contributed by atoms with Crippen molar-refractivity contribution in [1.82, 2.24) is 10.6 Å². The number of hydrogen-bond donors (Lipinski definition) is 2. The van der Waals surface area contributed by atoms with Gasteiger partial charge in [-0.3, -0.25) is 4.99 Å². The summed E-state index contributed by atoms with van der Waals surface area (Å²) in [5, 5.41) is 6.50. The second-order valence-corrected chi connectivity index (χ2v) is 5.97. The van der Waals surface area contributed by atoms with Crippen LogP contribution in [0.15, 0.2) is 23.2 Å². The number of ether oxygens (including phenoxy) is 2. The second-order valence-electron chi connectivity index (χ2n) is 5.97. The molecule has 0 radical (unpaired) electrons. The van der Waals surface area contributed by atoms with Gasteiger partial charge in [-0.25, -0.2) is 4.39 Å². The van der Waals surface area contributed by atoms with E-state index in [0.717, 1.165) is 57.2 Å². The Balaban J connectivity index is 1.60. The first-order valence-electron chi connectivity index (χ1n) is 8.58. The summed E-state index contributed by atoms with van der Waals surface area (Å²) in [4.78, 5) is 4.19. The molecule has 5 nitrogen and oxygen atoms in total. The summed E-state index contributed by atoms with van der Waals surface area (Å²) < 4.78 is 24.4. The average Bonchev–Trinajstić information content (AvgIpc) is 2.61. The Morgan fingerprint density at radius 3 is 2.83 bits per heavy atom. The van der Waals surface area contributed by atoms with Crippen LogP contribution in [0.3, 0.4) is 0 Å². The van der Waals surface area contributed by atoms with Gasteiger partial charge in [0.15, 0.2) is 5.96 Å². The Bertz CT molecular complexity index is 531. The monoisotopic (exact) mass is 337 g/mol. The molecule has 0 aliphatic carbocycles. The van der Waals surface area contributed by atoms with E-state index in [1.54, 1.807) is 20.0 Å². The lowest BCUT2D eigenvalue weighted by Crippen LogP contribution is -2.37. The van der Waals surface area contributed by atoms with E-state index in [-0.39, 0.29) is 5.82 Å². The van der Waals surface area contributed by atoms with Gasteiger partial charge >= 0.3 is 0 Å². The van der Waals surface area contributed by atoms with Crippen LogP contribution in [0.25, 0.3) is 0 Å². The fourth-order valence-electron chi connectivity index (χ4n) is 2.59. The molecular weight excluding hydrogens is 309 g/mol. The third-order valence-electron chi connectivity index (χ3n) is 4.04. The van der Waals surface area contributed by atoms with Crippen molar-refractivity contribution in [3.8, 4) is 0 Å². The number of guanidine groups is 1. The van der Waals surface area contributed by atoms with Gasteiger partial charge in [0.25, 0.3) is 0 Å². The number of aryl methyl sites for hydroxylation is 1. The van der Waals surface area contributed by atoms with Crippen molar-refractivity contribution in [2.45, 2.75) is 38.8 Å². The van der Waals surface area contributed by atoms with E-state index in [2.05, 4.69) is 15.6 Å². The van der Waals surface area contributed by atoms with Gasteiger partial charge in [-0.1, -0.05) is 12.1 Å². The van der Waals surface area contributed by atoms with Crippen LogP contribution in [0.4, 0.5) is 4.39 Å². The maximum absolute atomic E-state index is 13.3. The summed E-state index contributed by atoms with van der Waals surface area (Å²) in [7, 11) is 1.74. The number of aliphatic imine (C=N–C) groups is 1. The van der Waals surface area contributed by atoms with E-state index >= 15 is 0 Å². The molecule has 134 valence electrons. The van der Waals surface area contributed by atoms with Crippen LogP contribution in [0.5, 0.6) is 0 Å². The van der Waals surface area contributed by atoms with Gasteiger partial charge in [0.2, 0.25) is 0 Å². The van der Waals surface area contributed by atoms with Crippen LogP contribution in [0.1, 0.15) is 30.4 Å².